The molecule has 0 bridgehead atoms. The van der Waals surface area contributed by atoms with Gasteiger partial charge in [-0.3, -0.25) is 9.58 Å². The fraction of sp³-hybridized carbons (Fsp3) is 0.571. The first-order valence-electron chi connectivity index (χ1n) is 10.9. The zero-order chi connectivity index (χ0) is 22.3. The first kappa shape index (κ1) is 21.6. The van der Waals surface area contributed by atoms with E-state index >= 15 is 0 Å². The van der Waals surface area contributed by atoms with Gasteiger partial charge < -0.3 is 10.6 Å². The Labute approximate surface area is 188 Å². The summed E-state index contributed by atoms with van der Waals surface area (Å²) in [5.74, 6) is 1.28. The molecule has 0 spiro atoms. The van der Waals surface area contributed by atoms with Crippen LogP contribution in [0.3, 0.4) is 0 Å². The fourth-order valence-electron chi connectivity index (χ4n) is 5.08. The maximum Gasteiger partial charge on any atom is 0.393 e. The Morgan fingerprint density at radius 3 is 2.88 bits per heavy atom. The molecule has 3 aromatic heterocycles. The third-order valence-electron chi connectivity index (χ3n) is 6.41. The van der Waals surface area contributed by atoms with E-state index in [2.05, 4.69) is 31.1 Å². The lowest BCUT2D eigenvalue weighted by Gasteiger charge is -2.38. The van der Waals surface area contributed by atoms with Crippen LogP contribution < -0.4 is 10.6 Å². The summed E-state index contributed by atoms with van der Waals surface area (Å²) in [5.41, 5.74) is 6.81. The molecule has 0 amide bonds. The molecule has 32 heavy (non-hydrogen) atoms. The number of anilines is 1. The molecule has 5 heterocycles. The highest BCUT2D eigenvalue weighted by Gasteiger charge is 2.39. The van der Waals surface area contributed by atoms with Gasteiger partial charge in [0.1, 0.15) is 17.0 Å². The van der Waals surface area contributed by atoms with Crippen molar-refractivity contribution in [3.05, 3.63) is 35.2 Å². The molecule has 2 atom stereocenters. The molecular formula is C21H26F3N7S. The summed E-state index contributed by atoms with van der Waals surface area (Å²) in [7, 11) is 0. The van der Waals surface area contributed by atoms with Crippen LogP contribution >= 0.6 is 11.3 Å². The summed E-state index contributed by atoms with van der Waals surface area (Å²) in [5, 5.41) is 5.11. The minimum atomic E-state index is -4.22. The minimum absolute atomic E-state index is 0.284. The van der Waals surface area contributed by atoms with Crippen LogP contribution in [0.4, 0.5) is 19.0 Å². The van der Waals surface area contributed by atoms with E-state index in [-0.39, 0.29) is 4.88 Å². The van der Waals surface area contributed by atoms with Gasteiger partial charge in [0, 0.05) is 48.9 Å². The van der Waals surface area contributed by atoms with E-state index in [0.29, 0.717) is 23.3 Å². The third-order valence-corrected chi connectivity index (χ3v) is 7.46. The summed E-state index contributed by atoms with van der Waals surface area (Å²) in [6.45, 7) is 4.92. The maximum atomic E-state index is 12.8. The second-order valence-electron chi connectivity index (χ2n) is 8.64. The van der Waals surface area contributed by atoms with Gasteiger partial charge in [-0.05, 0) is 31.4 Å². The van der Waals surface area contributed by atoms with Crippen LogP contribution in [0.25, 0.3) is 10.2 Å². The van der Waals surface area contributed by atoms with Crippen molar-refractivity contribution in [1.29, 1.82) is 0 Å². The molecule has 0 saturated carbocycles. The number of rotatable bonds is 6. The van der Waals surface area contributed by atoms with Crippen LogP contribution in [-0.2, 0) is 19.5 Å². The van der Waals surface area contributed by atoms with Gasteiger partial charge in [0.15, 0.2) is 0 Å². The van der Waals surface area contributed by atoms with Crippen LogP contribution in [-0.4, -0.2) is 63.0 Å². The number of thiophene rings is 1. The van der Waals surface area contributed by atoms with Crippen molar-refractivity contribution in [2.24, 2.45) is 11.7 Å². The zero-order valence-electron chi connectivity index (χ0n) is 17.6. The predicted octanol–water partition coefficient (Wildman–Crippen LogP) is 3.05. The van der Waals surface area contributed by atoms with E-state index in [1.54, 1.807) is 6.07 Å². The number of nitrogens with zero attached hydrogens (tertiary/aromatic N) is 6. The Kier molecular flexibility index (Phi) is 5.81. The van der Waals surface area contributed by atoms with Crippen molar-refractivity contribution < 1.29 is 13.2 Å². The molecule has 5 rings (SSSR count). The molecule has 2 fully saturated rings. The molecule has 0 aromatic carbocycles. The van der Waals surface area contributed by atoms with Crippen molar-refractivity contribution in [2.75, 3.05) is 31.1 Å². The smallest absolute Gasteiger partial charge is 0.356 e. The Morgan fingerprint density at radius 1 is 1.19 bits per heavy atom. The summed E-state index contributed by atoms with van der Waals surface area (Å²) < 4.78 is 40.4. The molecule has 2 aliphatic rings. The van der Waals surface area contributed by atoms with Gasteiger partial charge in [-0.2, -0.15) is 18.3 Å². The second kappa shape index (κ2) is 8.60. The van der Waals surface area contributed by atoms with E-state index in [0.717, 1.165) is 68.1 Å². The van der Waals surface area contributed by atoms with E-state index in [9.17, 15) is 13.2 Å². The van der Waals surface area contributed by atoms with Crippen molar-refractivity contribution in [3.63, 3.8) is 0 Å². The Bertz CT molecular complexity index is 1080. The van der Waals surface area contributed by atoms with Gasteiger partial charge >= 0.3 is 6.18 Å². The van der Waals surface area contributed by atoms with E-state index < -0.39 is 12.6 Å². The van der Waals surface area contributed by atoms with Crippen LogP contribution in [0.1, 0.15) is 23.3 Å². The van der Waals surface area contributed by atoms with Gasteiger partial charge in [0.2, 0.25) is 0 Å². The number of aromatic nitrogens is 4. The molecule has 2 N–H and O–H groups in total. The Morgan fingerprint density at radius 2 is 2.06 bits per heavy atom. The lowest BCUT2D eigenvalue weighted by molar-refractivity contribution is -0.126. The van der Waals surface area contributed by atoms with Gasteiger partial charge in [-0.1, -0.05) is 0 Å². The standard InChI is InChI=1S/C21H26F3N7S/c22-21(23,24)8-16-7-17-19(26-13-27-20(17)32-16)30-5-2-18-15(12-30)1-4-29(18)10-14-9-28-31(11-14)6-3-25/h7,9,11,13,15,18H,1-6,8,10,12,25H2. The third kappa shape index (κ3) is 4.46. The highest BCUT2D eigenvalue weighted by molar-refractivity contribution is 7.18. The number of halogens is 3. The summed E-state index contributed by atoms with van der Waals surface area (Å²) >= 11 is 1.11. The first-order chi connectivity index (χ1) is 15.4. The van der Waals surface area contributed by atoms with E-state index in [1.165, 1.54) is 11.9 Å². The van der Waals surface area contributed by atoms with Crippen LogP contribution in [0.15, 0.2) is 24.8 Å². The number of hydrogen-bond acceptors (Lipinski definition) is 7. The molecule has 7 nitrogen and oxygen atoms in total. The molecule has 11 heteroatoms. The first-order valence-corrected chi connectivity index (χ1v) is 11.7. The van der Waals surface area contributed by atoms with Crippen LogP contribution in [0, 0.1) is 5.92 Å². The van der Waals surface area contributed by atoms with Crippen LogP contribution in [0.5, 0.6) is 0 Å². The Hall–Kier alpha value is -2.24. The highest BCUT2D eigenvalue weighted by atomic mass is 32.1. The summed E-state index contributed by atoms with van der Waals surface area (Å²) in [6, 6.07) is 2.12. The largest absolute Gasteiger partial charge is 0.393 e. The van der Waals surface area contributed by atoms with Gasteiger partial charge in [0.05, 0.1) is 24.5 Å². The molecule has 2 saturated heterocycles. The maximum absolute atomic E-state index is 12.8. The predicted molar refractivity (Wildman–Crippen MR) is 118 cm³/mol. The topological polar surface area (TPSA) is 76.1 Å². The highest BCUT2D eigenvalue weighted by Crippen LogP contribution is 2.38. The molecule has 2 aliphatic heterocycles. The van der Waals surface area contributed by atoms with E-state index in [4.69, 9.17) is 5.73 Å². The number of piperidine rings is 1. The van der Waals surface area contributed by atoms with Crippen molar-refractivity contribution in [1.82, 2.24) is 24.6 Å². The molecule has 0 aliphatic carbocycles. The lowest BCUT2D eigenvalue weighted by Crippen LogP contribution is -2.46. The van der Waals surface area contributed by atoms with Gasteiger partial charge in [0.25, 0.3) is 0 Å². The molecule has 2 unspecified atom stereocenters. The van der Waals surface area contributed by atoms with Crippen molar-refractivity contribution in [2.45, 2.75) is 44.6 Å². The number of alkyl halides is 3. The minimum Gasteiger partial charge on any atom is -0.356 e. The lowest BCUT2D eigenvalue weighted by atomic mass is 9.92. The number of nitrogens with two attached hydrogens (primary N) is 1. The normalized spacial score (nSPS) is 22.1. The summed E-state index contributed by atoms with van der Waals surface area (Å²) in [6.07, 6.45) is 2.43. The number of hydrogen-bond donors (Lipinski definition) is 1. The van der Waals surface area contributed by atoms with Gasteiger partial charge in [-0.15, -0.1) is 11.3 Å². The second-order valence-corrected chi connectivity index (χ2v) is 9.76. The molecular weight excluding hydrogens is 439 g/mol. The van der Waals surface area contributed by atoms with E-state index in [1.807, 2.05) is 10.9 Å². The monoisotopic (exact) mass is 465 g/mol. The Balaban J connectivity index is 1.28. The quantitative estimate of drug-likeness (QED) is 0.603. The number of fused-ring (bicyclic) bond motifs is 2. The average Bonchev–Trinajstić information content (AvgIpc) is 3.45. The SMILES string of the molecule is NCCn1cc(CN2CCC3CN(c4ncnc5sc(CC(F)(F)F)cc45)CCC32)cn1. The molecule has 172 valence electrons. The van der Waals surface area contributed by atoms with Gasteiger partial charge in [-0.25, -0.2) is 9.97 Å². The van der Waals surface area contributed by atoms with Crippen molar-refractivity contribution >= 4 is 27.4 Å². The molecule has 3 aromatic rings. The average molecular weight is 466 g/mol. The van der Waals surface area contributed by atoms with Crippen molar-refractivity contribution in [3.8, 4) is 0 Å². The zero-order valence-corrected chi connectivity index (χ0v) is 18.4. The van der Waals surface area contributed by atoms with Crippen LogP contribution in [0.2, 0.25) is 0 Å². The number of likely N-dealkylation sites (tertiary alicyclic amines) is 1. The fourth-order valence-corrected chi connectivity index (χ4v) is 6.10. The summed E-state index contributed by atoms with van der Waals surface area (Å²) in [4.78, 5) is 14.4. The molecule has 0 radical (unpaired) electrons.